The Morgan fingerprint density at radius 2 is 2.25 bits per heavy atom. The molecular weight excluding hydrogens is 361 g/mol. The number of pyridine rings is 1. The van der Waals surface area contributed by atoms with Crippen LogP contribution >= 0.6 is 0 Å². The lowest BCUT2D eigenvalue weighted by atomic mass is 10.0. The first kappa shape index (κ1) is 17.4. The van der Waals surface area contributed by atoms with E-state index in [-0.39, 0.29) is 12.5 Å². The monoisotopic (exact) mass is 383 g/mol. The molecule has 28 heavy (non-hydrogen) atoms. The number of ether oxygens (including phenoxy) is 2. The summed E-state index contributed by atoms with van der Waals surface area (Å²) in [4.78, 5) is 18.4. The number of carbonyl (C=O) groups is 1. The molecule has 0 bridgehead atoms. The Morgan fingerprint density at radius 3 is 3.11 bits per heavy atom. The maximum atomic E-state index is 15.0. The first-order valence-electron chi connectivity index (χ1n) is 9.63. The summed E-state index contributed by atoms with van der Waals surface area (Å²) in [5.74, 6) is 1.39. The van der Waals surface area contributed by atoms with Gasteiger partial charge in [0, 0.05) is 18.5 Å². The third-order valence-corrected chi connectivity index (χ3v) is 5.72. The number of piperidine rings is 1. The number of aromatic nitrogens is 1. The molecule has 0 aliphatic carbocycles. The van der Waals surface area contributed by atoms with Crippen molar-refractivity contribution in [2.75, 3.05) is 18.0 Å². The Labute approximate surface area is 162 Å². The van der Waals surface area contributed by atoms with Crippen LogP contribution in [0.25, 0.3) is 0 Å². The summed E-state index contributed by atoms with van der Waals surface area (Å²) in [6.07, 6.45) is -1.04. The van der Waals surface area contributed by atoms with Crippen molar-refractivity contribution < 1.29 is 18.7 Å². The third-order valence-electron chi connectivity index (χ3n) is 5.72. The minimum Gasteiger partial charge on any atom is -0.487 e. The molecule has 1 N–H and O–H groups in total. The second kappa shape index (κ2) is 6.74. The summed E-state index contributed by atoms with van der Waals surface area (Å²) in [6, 6.07) is 7.69. The first-order chi connectivity index (χ1) is 13.6. The molecule has 2 atom stereocenters. The van der Waals surface area contributed by atoms with Crippen LogP contribution < -0.4 is 15.0 Å². The molecule has 4 heterocycles. The highest BCUT2D eigenvalue weighted by Crippen LogP contribution is 2.33. The Kier molecular flexibility index (Phi) is 4.19. The van der Waals surface area contributed by atoms with Crippen LogP contribution in [0.1, 0.15) is 39.2 Å². The third kappa shape index (κ3) is 2.90. The Hall–Kier alpha value is -2.67. The highest BCUT2D eigenvalue weighted by molar-refractivity contribution is 5.98. The van der Waals surface area contributed by atoms with Gasteiger partial charge in [-0.2, -0.15) is 0 Å². The van der Waals surface area contributed by atoms with Crippen molar-refractivity contribution in [2.24, 2.45) is 0 Å². The van der Waals surface area contributed by atoms with Gasteiger partial charge >= 0.3 is 0 Å². The molecule has 2 aromatic rings. The van der Waals surface area contributed by atoms with Crippen molar-refractivity contribution in [2.45, 2.75) is 45.4 Å². The zero-order valence-corrected chi connectivity index (χ0v) is 15.7. The number of nitrogens with zero attached hydrogens (tertiary/aromatic N) is 2. The molecule has 1 aromatic carbocycles. The van der Waals surface area contributed by atoms with Crippen molar-refractivity contribution >= 4 is 11.7 Å². The Balaban J connectivity index is 1.32. The molecule has 5 rings (SSSR count). The van der Waals surface area contributed by atoms with E-state index in [2.05, 4.69) is 10.3 Å². The van der Waals surface area contributed by atoms with Crippen LogP contribution in [0, 0.1) is 6.92 Å². The van der Waals surface area contributed by atoms with Gasteiger partial charge in [0.1, 0.15) is 17.7 Å². The van der Waals surface area contributed by atoms with Crippen LogP contribution in [-0.4, -0.2) is 36.3 Å². The summed E-state index contributed by atoms with van der Waals surface area (Å²) >= 11 is 0. The lowest BCUT2D eigenvalue weighted by Crippen LogP contribution is -2.47. The number of alkyl halides is 1. The zero-order valence-electron chi connectivity index (χ0n) is 15.7. The van der Waals surface area contributed by atoms with Crippen LogP contribution in [0.5, 0.6) is 5.75 Å². The fourth-order valence-electron chi connectivity index (χ4n) is 4.21. The van der Waals surface area contributed by atoms with Crippen LogP contribution in [0.4, 0.5) is 10.2 Å². The number of rotatable bonds is 3. The second-order valence-corrected chi connectivity index (χ2v) is 7.60. The molecule has 1 aromatic heterocycles. The van der Waals surface area contributed by atoms with Gasteiger partial charge in [0.15, 0.2) is 6.17 Å². The molecule has 7 heteroatoms. The second-order valence-electron chi connectivity index (χ2n) is 7.60. The SMILES string of the molecule is Cc1cc2c(nc1N1CC[C@@H](Oc3cccc4c3COC4)[C@@H](F)C1)CNC2=O. The summed E-state index contributed by atoms with van der Waals surface area (Å²) in [5.41, 5.74) is 4.40. The average molecular weight is 383 g/mol. The molecule has 3 aliphatic rings. The van der Waals surface area contributed by atoms with Crippen LogP contribution in [0.2, 0.25) is 0 Å². The minimum atomic E-state index is -1.12. The predicted octanol–water partition coefficient (Wildman–Crippen LogP) is 2.66. The number of halogens is 1. The van der Waals surface area contributed by atoms with E-state index in [1.54, 1.807) is 0 Å². The normalized spacial score (nSPS) is 23.4. The van der Waals surface area contributed by atoms with Gasteiger partial charge in [0.2, 0.25) is 0 Å². The Morgan fingerprint density at radius 1 is 1.36 bits per heavy atom. The van der Waals surface area contributed by atoms with Crippen LogP contribution in [0.15, 0.2) is 24.3 Å². The lowest BCUT2D eigenvalue weighted by Gasteiger charge is -2.36. The van der Waals surface area contributed by atoms with Crippen molar-refractivity contribution in [1.29, 1.82) is 0 Å². The van der Waals surface area contributed by atoms with Crippen molar-refractivity contribution in [3.8, 4) is 5.75 Å². The van der Waals surface area contributed by atoms with Crippen molar-refractivity contribution in [3.63, 3.8) is 0 Å². The molecule has 1 saturated heterocycles. The van der Waals surface area contributed by atoms with Crippen molar-refractivity contribution in [3.05, 3.63) is 52.2 Å². The molecular formula is C21H22FN3O3. The van der Waals surface area contributed by atoms with Gasteiger partial charge in [-0.15, -0.1) is 0 Å². The summed E-state index contributed by atoms with van der Waals surface area (Å²) < 4.78 is 26.5. The maximum Gasteiger partial charge on any atom is 0.253 e. The highest BCUT2D eigenvalue weighted by Gasteiger charge is 2.34. The molecule has 0 spiro atoms. The minimum absolute atomic E-state index is 0.0907. The number of hydrogen-bond acceptors (Lipinski definition) is 5. The molecule has 146 valence electrons. The topological polar surface area (TPSA) is 63.7 Å². The van der Waals surface area contributed by atoms with E-state index in [0.29, 0.717) is 38.3 Å². The summed E-state index contributed by atoms with van der Waals surface area (Å²) in [5, 5.41) is 2.78. The number of aryl methyl sites for hydroxylation is 1. The largest absolute Gasteiger partial charge is 0.487 e. The van der Waals surface area contributed by atoms with E-state index in [0.717, 1.165) is 34.0 Å². The van der Waals surface area contributed by atoms with E-state index < -0.39 is 12.3 Å². The molecule has 6 nitrogen and oxygen atoms in total. The number of amides is 1. The molecule has 1 fully saturated rings. The van der Waals surface area contributed by atoms with Gasteiger partial charge in [0.25, 0.3) is 5.91 Å². The van der Waals surface area contributed by atoms with E-state index in [4.69, 9.17) is 9.47 Å². The van der Waals surface area contributed by atoms with E-state index >= 15 is 0 Å². The molecule has 0 radical (unpaired) electrons. The number of hydrogen-bond donors (Lipinski definition) is 1. The summed E-state index contributed by atoms with van der Waals surface area (Å²) in [7, 11) is 0. The number of anilines is 1. The van der Waals surface area contributed by atoms with Gasteiger partial charge in [-0.05, 0) is 30.2 Å². The quantitative estimate of drug-likeness (QED) is 0.883. The molecule has 1 amide bonds. The standard InChI is InChI=1S/C21H22FN3O3/c1-12-7-14-17(8-23-21(14)26)24-20(12)25-6-5-19(16(22)9-25)28-18-4-2-3-13-10-27-11-15(13)18/h2-4,7,16,19H,5-6,8-11H2,1H3,(H,23,26)/t16-,19+/m0/s1. The Bertz CT molecular complexity index is 949. The number of nitrogens with one attached hydrogen (secondary N) is 1. The van der Waals surface area contributed by atoms with E-state index in [1.165, 1.54) is 0 Å². The van der Waals surface area contributed by atoms with Gasteiger partial charge in [-0.25, -0.2) is 9.37 Å². The predicted molar refractivity (Wildman–Crippen MR) is 101 cm³/mol. The number of carbonyl (C=O) groups excluding carboxylic acids is 1. The first-order valence-corrected chi connectivity index (χ1v) is 9.63. The van der Waals surface area contributed by atoms with Gasteiger partial charge in [-0.1, -0.05) is 12.1 Å². The fourth-order valence-corrected chi connectivity index (χ4v) is 4.21. The average Bonchev–Trinajstić information content (AvgIpc) is 3.30. The van der Waals surface area contributed by atoms with Crippen LogP contribution in [-0.2, 0) is 24.5 Å². The number of fused-ring (bicyclic) bond motifs is 2. The molecule has 0 unspecified atom stereocenters. The zero-order chi connectivity index (χ0) is 19.3. The fraction of sp³-hybridized carbons (Fsp3) is 0.429. The van der Waals surface area contributed by atoms with Gasteiger partial charge < -0.3 is 19.7 Å². The van der Waals surface area contributed by atoms with Crippen LogP contribution in [0.3, 0.4) is 0 Å². The maximum absolute atomic E-state index is 15.0. The highest BCUT2D eigenvalue weighted by atomic mass is 19.1. The number of benzene rings is 1. The summed E-state index contributed by atoms with van der Waals surface area (Å²) in [6.45, 7) is 4.34. The lowest BCUT2D eigenvalue weighted by molar-refractivity contribution is 0.0786. The van der Waals surface area contributed by atoms with Crippen molar-refractivity contribution in [1.82, 2.24) is 10.3 Å². The van der Waals surface area contributed by atoms with E-state index in [1.807, 2.05) is 36.1 Å². The molecule has 3 aliphatic heterocycles. The van der Waals surface area contributed by atoms with Gasteiger partial charge in [-0.3, -0.25) is 4.79 Å². The van der Waals surface area contributed by atoms with Gasteiger partial charge in [0.05, 0.1) is 37.6 Å². The van der Waals surface area contributed by atoms with E-state index in [9.17, 15) is 9.18 Å². The molecule has 0 saturated carbocycles. The smallest absolute Gasteiger partial charge is 0.253 e.